The first-order chi connectivity index (χ1) is 23.5. The molecule has 0 N–H and O–H groups in total. The van der Waals surface area contributed by atoms with E-state index in [1.807, 2.05) is 71.3 Å². The van der Waals surface area contributed by atoms with Crippen LogP contribution in [0.3, 0.4) is 0 Å². The highest BCUT2D eigenvalue weighted by molar-refractivity contribution is 7.20. The Morgan fingerprint density at radius 3 is 1.49 bits per heavy atom. The third-order valence-corrected chi connectivity index (χ3v) is 13.3. The number of hydrogen-bond acceptors (Lipinski definition) is 3. The van der Waals surface area contributed by atoms with Crippen molar-refractivity contribution in [1.82, 2.24) is 19.5 Å². The predicted molar refractivity (Wildman–Crippen MR) is 188 cm³/mol. The van der Waals surface area contributed by atoms with E-state index in [-0.39, 0.29) is 5.69 Å². The minimum Gasteiger partial charge on any atom is -0.278 e. The Labute approximate surface area is 267 Å². The quantitative estimate of drug-likeness (QED) is 0.166. The molecule has 0 amide bonds. The molecule has 3 heterocycles. The zero-order valence-corrected chi connectivity index (χ0v) is 25.4. The van der Waals surface area contributed by atoms with Crippen molar-refractivity contribution in [1.29, 1.82) is 0 Å². The Hall–Kier alpha value is -5.65. The molecule has 8 rings (SSSR count). The summed E-state index contributed by atoms with van der Waals surface area (Å²) in [4.78, 5) is 14.9. The number of fused-ring (bicyclic) bond motifs is 3. The molecular weight excluding hydrogens is 565 g/mol. The van der Waals surface area contributed by atoms with Gasteiger partial charge in [-0.2, -0.15) is 0 Å². The molecule has 5 heteroatoms. The summed E-state index contributed by atoms with van der Waals surface area (Å²) in [5.41, 5.74) is 3.05. The largest absolute Gasteiger partial charge is 0.278 e. The Bertz CT molecular complexity index is 2230. The molecule has 0 bridgehead atoms. The molecule has 0 unspecified atom stereocenters. The van der Waals surface area contributed by atoms with E-state index in [0.717, 1.165) is 37.4 Å². The molecule has 0 fully saturated rings. The van der Waals surface area contributed by atoms with Gasteiger partial charge in [0.25, 0.3) is 0 Å². The highest BCUT2D eigenvalue weighted by Gasteiger charge is 2.45. The van der Waals surface area contributed by atoms with Gasteiger partial charge in [-0.15, -0.1) is 0 Å². The average molecular weight is 598 g/mol. The standard InChI is InChI=1S/C40H30N4Si/c1-29-38(30-25-27-41-28-26-30)39(43-40(42-29)44-36-23-13-11-21-34(36)35-22-12-14-24-37(35)44)45(31-15-5-2-6-16-31,32-17-7-3-8-18-32)33-19-9-4-10-20-33/h2-28H,1H3/i1D3. The van der Waals surface area contributed by atoms with Gasteiger partial charge in [0.2, 0.25) is 14.0 Å². The van der Waals surface area contributed by atoms with Crippen LogP contribution in [0.4, 0.5) is 0 Å². The lowest BCUT2D eigenvalue weighted by Crippen LogP contribution is -2.76. The normalized spacial score (nSPS) is 12.9. The number of aryl methyl sites for hydroxylation is 1. The van der Waals surface area contributed by atoms with E-state index in [0.29, 0.717) is 22.4 Å². The lowest BCUT2D eigenvalue weighted by Gasteiger charge is -2.35. The molecule has 45 heavy (non-hydrogen) atoms. The Morgan fingerprint density at radius 1 is 0.533 bits per heavy atom. The predicted octanol–water partition coefficient (Wildman–Crippen LogP) is 6.32. The lowest BCUT2D eigenvalue weighted by atomic mass is 10.1. The van der Waals surface area contributed by atoms with Gasteiger partial charge in [-0.05, 0) is 52.2 Å². The summed E-state index contributed by atoms with van der Waals surface area (Å²) in [7, 11) is -3.35. The van der Waals surface area contributed by atoms with Gasteiger partial charge >= 0.3 is 0 Å². The fraction of sp³-hybridized carbons (Fsp3) is 0.0250. The third-order valence-electron chi connectivity index (χ3n) is 8.62. The molecule has 3 aromatic heterocycles. The Balaban J connectivity index is 1.63. The molecule has 0 aliphatic heterocycles. The van der Waals surface area contributed by atoms with Crippen molar-refractivity contribution in [3.63, 3.8) is 0 Å². The number of para-hydroxylation sites is 2. The SMILES string of the molecule is [2H]C([2H])([2H])c1nc(-n2c3ccccc3c3ccccc32)nc([Si](c2ccccc2)(c2ccccc2)c2ccccc2)c1-c1ccncc1. The van der Waals surface area contributed by atoms with E-state index in [9.17, 15) is 0 Å². The van der Waals surface area contributed by atoms with Crippen molar-refractivity contribution in [2.24, 2.45) is 0 Å². The van der Waals surface area contributed by atoms with E-state index in [1.54, 1.807) is 12.4 Å². The van der Waals surface area contributed by atoms with E-state index < -0.39 is 14.9 Å². The highest BCUT2D eigenvalue weighted by atomic mass is 28.3. The first kappa shape index (κ1) is 23.8. The van der Waals surface area contributed by atoms with E-state index in [1.165, 1.54) is 0 Å². The van der Waals surface area contributed by atoms with E-state index in [2.05, 4.69) is 89.9 Å². The second-order valence-electron chi connectivity index (χ2n) is 11.0. The van der Waals surface area contributed by atoms with E-state index >= 15 is 0 Å². The minimum absolute atomic E-state index is 0.00947. The second kappa shape index (κ2) is 11.1. The summed E-state index contributed by atoms with van der Waals surface area (Å²) in [6.45, 7) is -2.56. The van der Waals surface area contributed by atoms with Crippen LogP contribution in [0.25, 0.3) is 38.9 Å². The summed E-state index contributed by atoms with van der Waals surface area (Å²) in [6.07, 6.45) is 3.39. The topological polar surface area (TPSA) is 43.6 Å². The van der Waals surface area contributed by atoms with Gasteiger partial charge in [-0.25, -0.2) is 9.97 Å². The molecule has 0 saturated carbocycles. The molecular formula is C40H30N4Si. The van der Waals surface area contributed by atoms with Crippen LogP contribution < -0.4 is 20.9 Å². The van der Waals surface area contributed by atoms with Crippen LogP contribution in [0, 0.1) is 6.85 Å². The molecule has 0 aliphatic rings. The maximum absolute atomic E-state index is 8.96. The highest BCUT2D eigenvalue weighted by Crippen LogP contribution is 2.32. The maximum Gasteiger partial charge on any atom is 0.234 e. The molecule has 0 saturated heterocycles. The number of aromatic nitrogens is 4. The smallest absolute Gasteiger partial charge is 0.234 e. The molecule has 8 aromatic rings. The summed E-state index contributed by atoms with van der Waals surface area (Å²) >= 11 is 0. The number of rotatable bonds is 6. The lowest BCUT2D eigenvalue weighted by molar-refractivity contribution is 0.977. The molecule has 5 aromatic carbocycles. The molecule has 214 valence electrons. The molecule has 4 nitrogen and oxygen atoms in total. The molecule has 0 aliphatic carbocycles. The summed E-state index contributed by atoms with van der Waals surface area (Å²) in [5, 5.41) is 6.05. The summed E-state index contributed by atoms with van der Waals surface area (Å²) in [6, 6.07) is 51.3. The van der Waals surface area contributed by atoms with Crippen LogP contribution in [0.5, 0.6) is 0 Å². The van der Waals surface area contributed by atoms with Crippen molar-refractivity contribution in [3.8, 4) is 17.1 Å². The van der Waals surface area contributed by atoms with Crippen molar-refractivity contribution in [2.45, 2.75) is 6.85 Å². The van der Waals surface area contributed by atoms with Crippen molar-refractivity contribution >= 4 is 50.8 Å². The molecule has 0 spiro atoms. The van der Waals surface area contributed by atoms with Crippen molar-refractivity contribution in [2.75, 3.05) is 0 Å². The van der Waals surface area contributed by atoms with Gasteiger partial charge in [0.05, 0.1) is 22.0 Å². The number of hydrogen-bond donors (Lipinski definition) is 0. The van der Waals surface area contributed by atoms with Crippen LogP contribution in [0.15, 0.2) is 164 Å². The monoisotopic (exact) mass is 597 g/mol. The van der Waals surface area contributed by atoms with Crippen LogP contribution in [0.2, 0.25) is 0 Å². The Kier molecular flexibility index (Phi) is 5.87. The van der Waals surface area contributed by atoms with Crippen molar-refractivity contribution < 1.29 is 4.11 Å². The number of pyridine rings is 1. The maximum atomic E-state index is 8.96. The van der Waals surface area contributed by atoms with Gasteiger partial charge in [0, 0.05) is 32.8 Å². The first-order valence-electron chi connectivity index (χ1n) is 16.5. The van der Waals surface area contributed by atoms with Gasteiger partial charge in [0.15, 0.2) is 0 Å². The van der Waals surface area contributed by atoms with E-state index in [4.69, 9.17) is 14.1 Å². The van der Waals surface area contributed by atoms with Crippen LogP contribution >= 0.6 is 0 Å². The summed E-state index contributed by atoms with van der Waals surface area (Å²) < 4.78 is 28.9. The number of benzene rings is 5. The third kappa shape index (κ3) is 4.32. The van der Waals surface area contributed by atoms with Crippen molar-refractivity contribution in [3.05, 3.63) is 170 Å². The zero-order valence-electron chi connectivity index (χ0n) is 27.4. The zero-order chi connectivity index (χ0) is 32.7. The van der Waals surface area contributed by atoms with Gasteiger partial charge in [-0.3, -0.25) is 9.55 Å². The van der Waals surface area contributed by atoms with Crippen LogP contribution in [-0.2, 0) is 0 Å². The van der Waals surface area contributed by atoms with Gasteiger partial charge in [-0.1, -0.05) is 127 Å². The van der Waals surface area contributed by atoms with Crippen LogP contribution in [0.1, 0.15) is 9.81 Å². The molecule has 0 radical (unpaired) electrons. The van der Waals surface area contributed by atoms with Gasteiger partial charge in [0.1, 0.15) is 0 Å². The Morgan fingerprint density at radius 2 is 1.00 bits per heavy atom. The fourth-order valence-electron chi connectivity index (χ4n) is 6.72. The minimum atomic E-state index is -3.35. The number of nitrogens with zero attached hydrogens (tertiary/aromatic N) is 4. The summed E-state index contributed by atoms with van der Waals surface area (Å²) in [5.74, 6) is 0.325. The fourth-order valence-corrected chi connectivity index (χ4v) is 11.5. The second-order valence-corrected chi connectivity index (χ2v) is 14.8. The van der Waals surface area contributed by atoms with Crippen LogP contribution in [-0.4, -0.2) is 27.6 Å². The average Bonchev–Trinajstić information content (AvgIpc) is 3.47. The first-order valence-corrected chi connectivity index (χ1v) is 17.0. The molecule has 0 atom stereocenters. The van der Waals surface area contributed by atoms with Gasteiger partial charge < -0.3 is 0 Å².